The SMILES string of the molecule is O=C(O)c1ccc(C2CCN(C(=O)C3CC3)CC2)cc1. The largest absolute Gasteiger partial charge is 0.478 e. The molecule has 4 heteroatoms. The molecule has 1 amide bonds. The van der Waals surface area contributed by atoms with Gasteiger partial charge in [-0.3, -0.25) is 4.79 Å². The molecule has 0 atom stereocenters. The second-order valence-electron chi connectivity index (χ2n) is 5.80. The maximum atomic E-state index is 12.0. The monoisotopic (exact) mass is 273 g/mol. The van der Waals surface area contributed by atoms with Crippen LogP contribution in [-0.2, 0) is 4.79 Å². The van der Waals surface area contributed by atoms with E-state index in [1.807, 2.05) is 17.0 Å². The molecule has 106 valence electrons. The van der Waals surface area contributed by atoms with Crippen LogP contribution in [0, 0.1) is 5.92 Å². The summed E-state index contributed by atoms with van der Waals surface area (Å²) in [5.41, 5.74) is 1.52. The number of carboxylic acids is 1. The first-order valence-corrected chi connectivity index (χ1v) is 7.27. The first-order valence-electron chi connectivity index (χ1n) is 7.27. The molecule has 20 heavy (non-hydrogen) atoms. The minimum absolute atomic E-state index is 0.307. The van der Waals surface area contributed by atoms with E-state index < -0.39 is 5.97 Å². The molecule has 0 radical (unpaired) electrons. The molecular weight excluding hydrogens is 254 g/mol. The fraction of sp³-hybridized carbons (Fsp3) is 0.500. The summed E-state index contributed by atoms with van der Waals surface area (Å²) < 4.78 is 0. The van der Waals surface area contributed by atoms with Crippen molar-refractivity contribution in [2.75, 3.05) is 13.1 Å². The lowest BCUT2D eigenvalue weighted by atomic mass is 9.89. The Morgan fingerprint density at radius 3 is 2.10 bits per heavy atom. The van der Waals surface area contributed by atoms with Crippen LogP contribution in [0.5, 0.6) is 0 Å². The molecule has 1 aromatic rings. The van der Waals surface area contributed by atoms with Gasteiger partial charge < -0.3 is 10.0 Å². The van der Waals surface area contributed by atoms with Gasteiger partial charge in [-0.1, -0.05) is 12.1 Å². The Bertz CT molecular complexity index is 511. The van der Waals surface area contributed by atoms with Gasteiger partial charge in [0.25, 0.3) is 0 Å². The molecule has 3 rings (SSSR count). The number of likely N-dealkylation sites (tertiary alicyclic amines) is 1. The fourth-order valence-electron chi connectivity index (χ4n) is 2.92. The van der Waals surface area contributed by atoms with Crippen molar-refractivity contribution in [1.29, 1.82) is 0 Å². The van der Waals surface area contributed by atoms with Gasteiger partial charge in [-0.2, -0.15) is 0 Å². The topological polar surface area (TPSA) is 57.6 Å². The number of hydrogen-bond donors (Lipinski definition) is 1. The number of nitrogens with zero attached hydrogens (tertiary/aromatic N) is 1. The van der Waals surface area contributed by atoms with E-state index in [0.717, 1.165) is 38.8 Å². The van der Waals surface area contributed by atoms with Gasteiger partial charge in [-0.15, -0.1) is 0 Å². The summed E-state index contributed by atoms with van der Waals surface area (Å²) in [5.74, 6) is 0.202. The van der Waals surface area contributed by atoms with Gasteiger partial charge in [0.15, 0.2) is 0 Å². The predicted octanol–water partition coefficient (Wildman–Crippen LogP) is 2.50. The first-order chi connectivity index (χ1) is 9.65. The molecule has 0 unspecified atom stereocenters. The zero-order valence-corrected chi connectivity index (χ0v) is 11.4. The predicted molar refractivity (Wildman–Crippen MR) is 74.7 cm³/mol. The number of rotatable bonds is 3. The minimum Gasteiger partial charge on any atom is -0.478 e. The van der Waals surface area contributed by atoms with Crippen LogP contribution in [0.2, 0.25) is 0 Å². The summed E-state index contributed by atoms with van der Waals surface area (Å²) in [7, 11) is 0. The lowest BCUT2D eigenvalue weighted by Crippen LogP contribution is -2.38. The normalized spacial score (nSPS) is 19.9. The quantitative estimate of drug-likeness (QED) is 0.920. The number of aromatic carboxylic acids is 1. The van der Waals surface area contributed by atoms with E-state index in [0.29, 0.717) is 23.3 Å². The maximum absolute atomic E-state index is 12.0. The molecule has 1 aliphatic carbocycles. The lowest BCUT2D eigenvalue weighted by molar-refractivity contribution is -0.133. The van der Waals surface area contributed by atoms with Crippen LogP contribution in [0.1, 0.15) is 47.5 Å². The molecule has 4 nitrogen and oxygen atoms in total. The van der Waals surface area contributed by atoms with Crippen molar-refractivity contribution in [1.82, 2.24) is 4.90 Å². The highest BCUT2D eigenvalue weighted by Gasteiger charge is 2.35. The Kier molecular flexibility index (Phi) is 3.47. The second-order valence-corrected chi connectivity index (χ2v) is 5.80. The molecule has 1 saturated heterocycles. The number of hydrogen-bond acceptors (Lipinski definition) is 2. The summed E-state index contributed by atoms with van der Waals surface area (Å²) in [6.07, 6.45) is 4.08. The number of piperidine rings is 1. The number of carbonyl (C=O) groups excluding carboxylic acids is 1. The number of carbonyl (C=O) groups is 2. The smallest absolute Gasteiger partial charge is 0.335 e. The Labute approximate surface area is 118 Å². The number of carboxylic acid groups (broad SMARTS) is 1. The Morgan fingerprint density at radius 1 is 1.00 bits per heavy atom. The van der Waals surface area contributed by atoms with Gasteiger partial charge in [0.05, 0.1) is 5.56 Å². The molecule has 0 aromatic heterocycles. The third-order valence-corrected chi connectivity index (χ3v) is 4.36. The highest BCUT2D eigenvalue weighted by Crippen LogP contribution is 2.34. The van der Waals surface area contributed by atoms with Crippen molar-refractivity contribution in [3.8, 4) is 0 Å². The van der Waals surface area contributed by atoms with E-state index in [2.05, 4.69) is 0 Å². The average Bonchev–Trinajstić information content (AvgIpc) is 3.31. The summed E-state index contributed by atoms with van der Waals surface area (Å²) in [6.45, 7) is 1.67. The van der Waals surface area contributed by atoms with E-state index >= 15 is 0 Å². The van der Waals surface area contributed by atoms with Crippen LogP contribution in [0.25, 0.3) is 0 Å². The summed E-state index contributed by atoms with van der Waals surface area (Å²) in [6, 6.07) is 7.15. The summed E-state index contributed by atoms with van der Waals surface area (Å²) in [4.78, 5) is 24.8. The third kappa shape index (κ3) is 2.69. The van der Waals surface area contributed by atoms with Gasteiger partial charge in [-0.25, -0.2) is 4.79 Å². The van der Waals surface area contributed by atoms with Crippen molar-refractivity contribution < 1.29 is 14.7 Å². The zero-order valence-electron chi connectivity index (χ0n) is 11.4. The molecule has 1 aromatic carbocycles. The molecule has 1 saturated carbocycles. The second kappa shape index (κ2) is 5.27. The van der Waals surface area contributed by atoms with Crippen molar-refractivity contribution in [2.24, 2.45) is 5.92 Å². The molecule has 0 spiro atoms. The van der Waals surface area contributed by atoms with Gasteiger partial charge in [0.1, 0.15) is 0 Å². The third-order valence-electron chi connectivity index (χ3n) is 4.36. The number of amides is 1. The van der Waals surface area contributed by atoms with Crippen molar-refractivity contribution in [3.63, 3.8) is 0 Å². The van der Waals surface area contributed by atoms with Crippen LogP contribution in [0.3, 0.4) is 0 Å². The van der Waals surface area contributed by atoms with Gasteiger partial charge in [0.2, 0.25) is 5.91 Å². The molecular formula is C16H19NO3. The molecule has 1 heterocycles. The number of benzene rings is 1. The average molecular weight is 273 g/mol. The van der Waals surface area contributed by atoms with Crippen molar-refractivity contribution >= 4 is 11.9 Å². The van der Waals surface area contributed by atoms with E-state index in [9.17, 15) is 9.59 Å². The highest BCUT2D eigenvalue weighted by atomic mass is 16.4. The molecule has 0 bridgehead atoms. The minimum atomic E-state index is -0.888. The Hall–Kier alpha value is -1.84. The maximum Gasteiger partial charge on any atom is 0.335 e. The zero-order chi connectivity index (χ0) is 14.1. The molecule has 1 aliphatic heterocycles. The van der Waals surface area contributed by atoms with E-state index in [-0.39, 0.29) is 0 Å². The summed E-state index contributed by atoms with van der Waals surface area (Å²) in [5, 5.41) is 8.90. The van der Waals surface area contributed by atoms with Crippen LogP contribution in [0.4, 0.5) is 0 Å². The fourth-order valence-corrected chi connectivity index (χ4v) is 2.92. The standard InChI is InChI=1S/C16H19NO3/c18-15(13-3-4-13)17-9-7-12(8-10-17)11-1-5-14(6-2-11)16(19)20/h1-2,5-6,12-13H,3-4,7-10H2,(H,19,20). The van der Waals surface area contributed by atoms with Gasteiger partial charge in [0, 0.05) is 19.0 Å². The lowest BCUT2D eigenvalue weighted by Gasteiger charge is -2.32. The van der Waals surface area contributed by atoms with Gasteiger partial charge in [-0.05, 0) is 49.3 Å². The Balaban J connectivity index is 1.59. The first kappa shape index (κ1) is 13.2. The summed E-state index contributed by atoms with van der Waals surface area (Å²) >= 11 is 0. The van der Waals surface area contributed by atoms with Crippen LogP contribution in [0.15, 0.2) is 24.3 Å². The van der Waals surface area contributed by atoms with Crippen molar-refractivity contribution in [3.05, 3.63) is 35.4 Å². The molecule has 1 N–H and O–H groups in total. The van der Waals surface area contributed by atoms with Crippen LogP contribution < -0.4 is 0 Å². The van der Waals surface area contributed by atoms with Crippen LogP contribution in [-0.4, -0.2) is 35.0 Å². The van der Waals surface area contributed by atoms with Gasteiger partial charge >= 0.3 is 5.97 Å². The van der Waals surface area contributed by atoms with Crippen molar-refractivity contribution in [2.45, 2.75) is 31.6 Å². The van der Waals surface area contributed by atoms with Crippen LogP contribution >= 0.6 is 0 Å². The van der Waals surface area contributed by atoms with E-state index in [1.54, 1.807) is 12.1 Å². The Morgan fingerprint density at radius 2 is 1.60 bits per heavy atom. The highest BCUT2D eigenvalue weighted by molar-refractivity contribution is 5.87. The molecule has 2 aliphatic rings. The van der Waals surface area contributed by atoms with E-state index in [4.69, 9.17) is 5.11 Å². The molecule has 2 fully saturated rings. The van der Waals surface area contributed by atoms with E-state index in [1.165, 1.54) is 5.56 Å².